The third-order valence-electron chi connectivity index (χ3n) is 5.66. The van der Waals surface area contributed by atoms with Crippen molar-refractivity contribution < 1.29 is 9.53 Å². The lowest BCUT2D eigenvalue weighted by molar-refractivity contribution is 0.0907. The van der Waals surface area contributed by atoms with E-state index in [1.54, 1.807) is 6.07 Å². The highest BCUT2D eigenvalue weighted by Gasteiger charge is 2.25. The van der Waals surface area contributed by atoms with Crippen LogP contribution in [0.4, 0.5) is 0 Å². The molecule has 31 heavy (non-hydrogen) atoms. The Kier molecular flexibility index (Phi) is 9.16. The van der Waals surface area contributed by atoms with Crippen LogP contribution in [0.1, 0.15) is 47.3 Å². The van der Waals surface area contributed by atoms with Crippen molar-refractivity contribution in [3.63, 3.8) is 0 Å². The van der Waals surface area contributed by atoms with Gasteiger partial charge in [-0.25, -0.2) is 4.98 Å². The largest absolute Gasteiger partial charge is 0.487 e. The van der Waals surface area contributed by atoms with Crippen LogP contribution in [0, 0.1) is 12.8 Å². The summed E-state index contributed by atoms with van der Waals surface area (Å²) in [5.41, 5.74) is 9.41. The number of aromatic nitrogens is 2. The van der Waals surface area contributed by atoms with Crippen molar-refractivity contribution in [2.24, 2.45) is 11.7 Å². The van der Waals surface area contributed by atoms with Crippen LogP contribution >= 0.6 is 24.8 Å². The first-order chi connectivity index (χ1) is 14.1. The monoisotopic (exact) mass is 464 g/mol. The van der Waals surface area contributed by atoms with Gasteiger partial charge in [0.1, 0.15) is 18.0 Å². The second-order valence-corrected chi connectivity index (χ2v) is 7.88. The van der Waals surface area contributed by atoms with E-state index in [0.717, 1.165) is 30.6 Å². The average molecular weight is 465 g/mol. The van der Waals surface area contributed by atoms with Gasteiger partial charge in [0, 0.05) is 24.0 Å². The number of carbonyl (C=O) groups is 1. The van der Waals surface area contributed by atoms with E-state index in [-0.39, 0.29) is 36.8 Å². The highest BCUT2D eigenvalue weighted by molar-refractivity contribution is 5.94. The van der Waals surface area contributed by atoms with Crippen LogP contribution in [0.25, 0.3) is 5.65 Å². The number of aryl methyl sites for hydroxylation is 1. The van der Waals surface area contributed by atoms with Crippen molar-refractivity contribution >= 4 is 36.4 Å². The lowest BCUT2D eigenvalue weighted by atomic mass is 9.84. The third-order valence-corrected chi connectivity index (χ3v) is 5.66. The summed E-state index contributed by atoms with van der Waals surface area (Å²) in [4.78, 5) is 17.3. The van der Waals surface area contributed by atoms with E-state index in [0.29, 0.717) is 30.4 Å². The van der Waals surface area contributed by atoms with Crippen molar-refractivity contribution in [3.05, 3.63) is 65.6 Å². The molecule has 2 atom stereocenters. The summed E-state index contributed by atoms with van der Waals surface area (Å²) in [6, 6.07) is 11.5. The van der Waals surface area contributed by atoms with Gasteiger partial charge in [-0.1, -0.05) is 25.0 Å². The molecule has 2 unspecified atom stereocenters. The Labute approximate surface area is 195 Å². The van der Waals surface area contributed by atoms with Gasteiger partial charge >= 0.3 is 0 Å². The van der Waals surface area contributed by atoms with Crippen LogP contribution in [0.5, 0.6) is 5.75 Å². The van der Waals surface area contributed by atoms with Crippen molar-refractivity contribution in [1.29, 1.82) is 0 Å². The first-order valence-corrected chi connectivity index (χ1v) is 10.3. The molecule has 0 aliphatic heterocycles. The lowest BCUT2D eigenvalue weighted by Gasteiger charge is -2.31. The number of hydrogen-bond donors (Lipinski definition) is 2. The maximum absolute atomic E-state index is 12.7. The maximum atomic E-state index is 12.7. The van der Waals surface area contributed by atoms with Gasteiger partial charge in [-0.2, -0.15) is 0 Å². The fourth-order valence-corrected chi connectivity index (χ4v) is 4.04. The molecule has 4 rings (SSSR count). The molecule has 3 aromatic rings. The number of rotatable bonds is 6. The molecule has 2 heterocycles. The Morgan fingerprint density at radius 1 is 1.19 bits per heavy atom. The van der Waals surface area contributed by atoms with Crippen molar-refractivity contribution in [2.45, 2.75) is 45.3 Å². The molecule has 1 aliphatic carbocycles. The first kappa shape index (κ1) is 25.0. The molecule has 0 bridgehead atoms. The Morgan fingerprint density at radius 3 is 2.81 bits per heavy atom. The van der Waals surface area contributed by atoms with E-state index in [9.17, 15) is 4.79 Å². The van der Waals surface area contributed by atoms with Crippen LogP contribution in [-0.4, -0.2) is 27.9 Å². The van der Waals surface area contributed by atoms with E-state index in [2.05, 4.69) is 17.2 Å². The van der Waals surface area contributed by atoms with E-state index >= 15 is 0 Å². The fraction of sp³-hybridized carbons (Fsp3) is 0.391. The molecular weight excluding hydrogens is 435 g/mol. The Hall–Kier alpha value is -2.28. The number of ether oxygens (including phenoxy) is 1. The summed E-state index contributed by atoms with van der Waals surface area (Å²) in [6.07, 6.45) is 8.43. The predicted octanol–water partition coefficient (Wildman–Crippen LogP) is 4.31. The van der Waals surface area contributed by atoms with Crippen molar-refractivity contribution in [3.8, 4) is 5.75 Å². The summed E-state index contributed by atoms with van der Waals surface area (Å²) in [7, 11) is 0. The number of carbonyl (C=O) groups excluding carboxylic acids is 1. The fourth-order valence-electron chi connectivity index (χ4n) is 4.04. The van der Waals surface area contributed by atoms with Gasteiger partial charge in [-0.05, 0) is 62.1 Å². The number of pyridine rings is 1. The van der Waals surface area contributed by atoms with Crippen molar-refractivity contribution in [2.75, 3.05) is 6.54 Å². The minimum absolute atomic E-state index is 0. The molecule has 1 saturated carbocycles. The summed E-state index contributed by atoms with van der Waals surface area (Å²) in [5, 5.41) is 3.17. The molecule has 0 saturated heterocycles. The number of hydrogen-bond acceptors (Lipinski definition) is 4. The number of nitrogens with one attached hydrogen (secondary N) is 1. The molecular formula is C23H30Cl2N4O2. The summed E-state index contributed by atoms with van der Waals surface area (Å²) >= 11 is 0. The Bertz CT molecular complexity index is 1010. The molecule has 1 aromatic carbocycles. The molecule has 2 aromatic heterocycles. The second-order valence-electron chi connectivity index (χ2n) is 7.88. The van der Waals surface area contributed by atoms with Gasteiger partial charge in [-0.15, -0.1) is 24.8 Å². The lowest BCUT2D eigenvalue weighted by Crippen LogP contribution is -2.44. The average Bonchev–Trinajstić information content (AvgIpc) is 3.15. The van der Waals surface area contributed by atoms with Gasteiger partial charge in [-0.3, -0.25) is 4.79 Å². The zero-order valence-corrected chi connectivity index (χ0v) is 19.3. The van der Waals surface area contributed by atoms with Crippen molar-refractivity contribution in [1.82, 2.24) is 14.7 Å². The SMILES string of the molecule is Cc1ccc2nc(COc3cccc(C(=O)NC4CCCCC4CN)c3)cn2c1.Cl.Cl. The number of amides is 1. The summed E-state index contributed by atoms with van der Waals surface area (Å²) < 4.78 is 7.90. The highest BCUT2D eigenvalue weighted by Crippen LogP contribution is 2.24. The van der Waals surface area contributed by atoms with Gasteiger partial charge < -0.3 is 20.2 Å². The number of imidazole rings is 1. The van der Waals surface area contributed by atoms with E-state index in [1.807, 2.05) is 47.1 Å². The number of nitrogens with zero attached hydrogens (tertiary/aromatic N) is 2. The molecule has 168 valence electrons. The number of benzene rings is 1. The van der Waals surface area contributed by atoms with Crippen LogP contribution in [0.2, 0.25) is 0 Å². The topological polar surface area (TPSA) is 81.6 Å². The summed E-state index contributed by atoms with van der Waals surface area (Å²) in [5.74, 6) is 0.958. The van der Waals surface area contributed by atoms with Gasteiger partial charge in [0.2, 0.25) is 0 Å². The minimum Gasteiger partial charge on any atom is -0.487 e. The van der Waals surface area contributed by atoms with Crippen LogP contribution in [0.3, 0.4) is 0 Å². The Morgan fingerprint density at radius 2 is 2.00 bits per heavy atom. The minimum atomic E-state index is -0.0657. The zero-order valence-electron chi connectivity index (χ0n) is 17.6. The molecule has 1 fully saturated rings. The normalized spacial score (nSPS) is 18.0. The quantitative estimate of drug-likeness (QED) is 0.569. The maximum Gasteiger partial charge on any atom is 0.251 e. The van der Waals surface area contributed by atoms with Gasteiger partial charge in [0.15, 0.2) is 0 Å². The van der Waals surface area contributed by atoms with Gasteiger partial charge in [0.25, 0.3) is 5.91 Å². The zero-order chi connectivity index (χ0) is 20.2. The van der Waals surface area contributed by atoms with Crippen LogP contribution in [-0.2, 0) is 6.61 Å². The van der Waals surface area contributed by atoms with E-state index < -0.39 is 0 Å². The number of nitrogens with two attached hydrogens (primary N) is 1. The number of halogens is 2. The molecule has 6 nitrogen and oxygen atoms in total. The van der Waals surface area contributed by atoms with Gasteiger partial charge in [0.05, 0.1) is 5.69 Å². The standard InChI is InChI=1S/C23H28N4O2.2ClH/c1-16-9-10-22-25-19(14-27(22)13-16)15-29-20-7-4-6-17(11-20)23(28)26-21-8-3-2-5-18(21)12-24;;/h4,6-7,9-11,13-14,18,21H,2-3,5,8,12,15,24H2,1H3,(H,26,28);2*1H. The molecule has 1 aliphatic rings. The molecule has 0 spiro atoms. The third kappa shape index (κ3) is 6.12. The first-order valence-electron chi connectivity index (χ1n) is 10.3. The predicted molar refractivity (Wildman–Crippen MR) is 127 cm³/mol. The molecule has 8 heteroatoms. The summed E-state index contributed by atoms with van der Waals surface area (Å²) in [6.45, 7) is 3.02. The molecule has 1 amide bonds. The van der Waals surface area contributed by atoms with Crippen LogP contribution in [0.15, 0.2) is 48.8 Å². The smallest absolute Gasteiger partial charge is 0.251 e. The second kappa shape index (κ2) is 11.4. The molecule has 0 radical (unpaired) electrons. The Balaban J connectivity index is 0.00000171. The number of fused-ring (bicyclic) bond motifs is 1. The highest BCUT2D eigenvalue weighted by atomic mass is 35.5. The van der Waals surface area contributed by atoms with E-state index in [1.165, 1.54) is 12.0 Å². The van der Waals surface area contributed by atoms with E-state index in [4.69, 9.17) is 10.5 Å². The molecule has 3 N–H and O–H groups in total. The van der Waals surface area contributed by atoms with Crippen LogP contribution < -0.4 is 15.8 Å².